The van der Waals surface area contributed by atoms with Crippen molar-refractivity contribution in [1.82, 2.24) is 15.7 Å². The van der Waals surface area contributed by atoms with Crippen molar-refractivity contribution in [3.63, 3.8) is 0 Å². The molecule has 0 aliphatic rings. The lowest BCUT2D eigenvalue weighted by atomic mass is 10.1. The number of fused-ring (bicyclic) bond motifs is 1. The molecule has 0 amide bonds. The van der Waals surface area contributed by atoms with Crippen molar-refractivity contribution in [3.05, 3.63) is 59.3 Å². The Morgan fingerprint density at radius 2 is 1.93 bits per heavy atom. The van der Waals surface area contributed by atoms with Crippen LogP contribution in [-0.2, 0) is 6.42 Å². The predicted molar refractivity (Wildman–Crippen MR) is 118 cm³/mol. The minimum Gasteiger partial charge on any atom is -0.493 e. The van der Waals surface area contributed by atoms with Crippen molar-refractivity contribution in [2.75, 3.05) is 20.8 Å². The fraction of sp³-hybridized carbons (Fsp3) is 0.238. The lowest BCUT2D eigenvalue weighted by Crippen LogP contribution is -2.33. The van der Waals surface area contributed by atoms with Gasteiger partial charge in [0.2, 0.25) is 0 Å². The minimum absolute atomic E-state index is 0.481. The maximum atomic E-state index is 5.33. The van der Waals surface area contributed by atoms with Crippen LogP contribution in [0.3, 0.4) is 0 Å². The zero-order chi connectivity index (χ0) is 19.9. The zero-order valence-corrected chi connectivity index (χ0v) is 17.0. The van der Waals surface area contributed by atoms with Gasteiger partial charge in [0, 0.05) is 28.7 Å². The Hall–Kier alpha value is -3.06. The van der Waals surface area contributed by atoms with Crippen LogP contribution in [0.4, 0.5) is 0 Å². The van der Waals surface area contributed by atoms with Crippen molar-refractivity contribution in [2.45, 2.75) is 13.3 Å². The van der Waals surface area contributed by atoms with Gasteiger partial charge >= 0.3 is 0 Å². The first-order valence-corrected chi connectivity index (χ1v) is 9.38. The zero-order valence-electron chi connectivity index (χ0n) is 16.2. The maximum Gasteiger partial charge on any atom is 0.186 e. The number of hydrogen-bond donors (Lipinski definition) is 3. The lowest BCUT2D eigenvalue weighted by molar-refractivity contribution is 0.354. The van der Waals surface area contributed by atoms with Crippen LogP contribution in [0.25, 0.3) is 10.9 Å². The number of hydrazone groups is 1. The second kappa shape index (κ2) is 9.23. The molecule has 6 nitrogen and oxygen atoms in total. The Labute approximate surface area is 169 Å². The van der Waals surface area contributed by atoms with Gasteiger partial charge < -0.3 is 19.8 Å². The van der Waals surface area contributed by atoms with E-state index in [1.54, 1.807) is 20.4 Å². The van der Waals surface area contributed by atoms with Crippen LogP contribution in [0.5, 0.6) is 11.5 Å². The van der Waals surface area contributed by atoms with Gasteiger partial charge in [0.05, 0.1) is 20.4 Å². The highest BCUT2D eigenvalue weighted by Crippen LogP contribution is 2.27. The molecule has 3 N–H and O–H groups in total. The number of aromatic amines is 1. The first-order chi connectivity index (χ1) is 13.6. The number of aryl methyl sites for hydroxylation is 1. The number of para-hydroxylation sites is 1. The molecule has 1 heterocycles. The van der Waals surface area contributed by atoms with Crippen molar-refractivity contribution in [2.24, 2.45) is 5.10 Å². The predicted octanol–water partition coefficient (Wildman–Crippen LogP) is 3.53. The number of methoxy groups -OCH3 is 2. The summed E-state index contributed by atoms with van der Waals surface area (Å²) in [5.74, 6) is 1.44. The van der Waals surface area contributed by atoms with Gasteiger partial charge in [0.15, 0.2) is 16.6 Å². The van der Waals surface area contributed by atoms with E-state index in [4.69, 9.17) is 21.7 Å². The van der Waals surface area contributed by atoms with E-state index in [9.17, 15) is 0 Å². The minimum atomic E-state index is 0.481. The third-order valence-electron chi connectivity index (χ3n) is 4.45. The van der Waals surface area contributed by atoms with Crippen LogP contribution in [0.1, 0.15) is 16.8 Å². The normalized spacial score (nSPS) is 11.0. The number of benzene rings is 2. The van der Waals surface area contributed by atoms with Gasteiger partial charge in [0.1, 0.15) is 0 Å². The number of hydrogen-bond acceptors (Lipinski definition) is 4. The van der Waals surface area contributed by atoms with E-state index >= 15 is 0 Å². The molecular weight excluding hydrogens is 372 g/mol. The van der Waals surface area contributed by atoms with Crippen molar-refractivity contribution >= 4 is 34.4 Å². The molecule has 3 rings (SSSR count). The standard InChI is InChI=1S/C21H24N4O2S/c1-14-17(16-6-4-5-7-18(16)24-14)13-23-25-21(28)22-11-10-15-8-9-19(26-2)20(12-15)27-3/h4-9,12-13,24H,10-11H2,1-3H3,(H2,22,25,28)/b23-13+. The molecule has 0 saturated carbocycles. The monoisotopic (exact) mass is 396 g/mol. The molecule has 0 unspecified atom stereocenters. The van der Waals surface area contributed by atoms with Crippen LogP contribution < -0.4 is 20.2 Å². The molecule has 2 aromatic carbocycles. The molecule has 3 aromatic rings. The van der Waals surface area contributed by atoms with E-state index in [0.29, 0.717) is 11.7 Å². The largest absolute Gasteiger partial charge is 0.493 e. The Morgan fingerprint density at radius 3 is 2.71 bits per heavy atom. The third-order valence-corrected chi connectivity index (χ3v) is 4.69. The first-order valence-electron chi connectivity index (χ1n) is 8.97. The smallest absolute Gasteiger partial charge is 0.186 e. The molecule has 1 aromatic heterocycles. The molecule has 0 aliphatic carbocycles. The Kier molecular flexibility index (Phi) is 6.49. The molecule has 0 radical (unpaired) electrons. The van der Waals surface area contributed by atoms with Crippen LogP contribution in [0.2, 0.25) is 0 Å². The van der Waals surface area contributed by atoms with Gasteiger partial charge in [-0.3, -0.25) is 5.43 Å². The van der Waals surface area contributed by atoms with Gasteiger partial charge in [-0.05, 0) is 49.3 Å². The van der Waals surface area contributed by atoms with Crippen LogP contribution in [-0.4, -0.2) is 37.1 Å². The summed E-state index contributed by atoms with van der Waals surface area (Å²) >= 11 is 5.29. The molecular formula is C21H24N4O2S. The van der Waals surface area contributed by atoms with E-state index in [2.05, 4.69) is 26.9 Å². The van der Waals surface area contributed by atoms with E-state index in [-0.39, 0.29) is 0 Å². The third kappa shape index (κ3) is 4.61. The van der Waals surface area contributed by atoms with Crippen LogP contribution in [0, 0.1) is 6.92 Å². The first kappa shape index (κ1) is 19.7. The summed E-state index contributed by atoms with van der Waals surface area (Å²) in [5, 5.41) is 9.04. The van der Waals surface area contributed by atoms with E-state index in [0.717, 1.165) is 45.6 Å². The SMILES string of the molecule is COc1ccc(CCNC(=S)N/N=C/c2c(C)[nH]c3ccccc23)cc1OC. The van der Waals surface area contributed by atoms with Gasteiger partial charge in [-0.2, -0.15) is 5.10 Å². The van der Waals surface area contributed by atoms with Gasteiger partial charge in [-0.1, -0.05) is 24.3 Å². The van der Waals surface area contributed by atoms with E-state index in [1.807, 2.05) is 43.3 Å². The average Bonchev–Trinajstić information content (AvgIpc) is 3.03. The number of aromatic nitrogens is 1. The molecule has 0 bridgehead atoms. The van der Waals surface area contributed by atoms with Gasteiger partial charge in [-0.25, -0.2) is 0 Å². The van der Waals surface area contributed by atoms with Crippen molar-refractivity contribution in [1.29, 1.82) is 0 Å². The quantitative estimate of drug-likeness (QED) is 0.324. The highest BCUT2D eigenvalue weighted by molar-refractivity contribution is 7.80. The molecule has 0 aliphatic heterocycles. The molecule has 0 fully saturated rings. The molecule has 0 atom stereocenters. The number of ether oxygens (including phenoxy) is 2. The number of nitrogens with zero attached hydrogens (tertiary/aromatic N) is 1. The lowest BCUT2D eigenvalue weighted by Gasteiger charge is -2.10. The highest BCUT2D eigenvalue weighted by atomic mass is 32.1. The van der Waals surface area contributed by atoms with Crippen molar-refractivity contribution < 1.29 is 9.47 Å². The number of H-pyrrole nitrogens is 1. The summed E-state index contributed by atoms with van der Waals surface area (Å²) in [6.07, 6.45) is 2.59. The molecule has 146 valence electrons. The van der Waals surface area contributed by atoms with Gasteiger partial charge in [-0.15, -0.1) is 0 Å². The second-order valence-corrected chi connectivity index (χ2v) is 6.68. The number of nitrogens with one attached hydrogen (secondary N) is 3. The Bertz CT molecular complexity index is 997. The van der Waals surface area contributed by atoms with Gasteiger partial charge in [0.25, 0.3) is 0 Å². The Morgan fingerprint density at radius 1 is 1.14 bits per heavy atom. The Balaban J connectivity index is 1.51. The summed E-state index contributed by atoms with van der Waals surface area (Å²) in [4.78, 5) is 3.35. The van der Waals surface area contributed by atoms with Crippen LogP contribution >= 0.6 is 12.2 Å². The van der Waals surface area contributed by atoms with E-state index in [1.165, 1.54) is 0 Å². The summed E-state index contributed by atoms with van der Waals surface area (Å²) in [5.41, 5.74) is 7.22. The number of rotatable bonds is 7. The summed E-state index contributed by atoms with van der Waals surface area (Å²) in [7, 11) is 3.26. The molecule has 28 heavy (non-hydrogen) atoms. The topological polar surface area (TPSA) is 70.7 Å². The molecule has 7 heteroatoms. The van der Waals surface area contributed by atoms with E-state index < -0.39 is 0 Å². The van der Waals surface area contributed by atoms with Crippen molar-refractivity contribution in [3.8, 4) is 11.5 Å². The number of thiocarbonyl (C=S) groups is 1. The summed E-state index contributed by atoms with van der Waals surface area (Å²) in [6.45, 7) is 2.71. The second-order valence-electron chi connectivity index (χ2n) is 6.27. The molecule has 0 saturated heterocycles. The fourth-order valence-corrected chi connectivity index (χ4v) is 3.17. The summed E-state index contributed by atoms with van der Waals surface area (Å²) in [6, 6.07) is 14.0. The van der Waals surface area contributed by atoms with Crippen LogP contribution in [0.15, 0.2) is 47.6 Å². The maximum absolute atomic E-state index is 5.33. The fourth-order valence-electron chi connectivity index (χ4n) is 3.02. The average molecular weight is 397 g/mol. The summed E-state index contributed by atoms with van der Waals surface area (Å²) < 4.78 is 10.6. The molecule has 0 spiro atoms. The highest BCUT2D eigenvalue weighted by Gasteiger charge is 2.06.